The van der Waals surface area contributed by atoms with Gasteiger partial charge >= 0.3 is 0 Å². The molecule has 4 N–H and O–H groups in total. The zero-order valence-electron chi connectivity index (χ0n) is 15.5. The van der Waals surface area contributed by atoms with Gasteiger partial charge < -0.3 is 10.6 Å². The van der Waals surface area contributed by atoms with Gasteiger partial charge in [0, 0.05) is 12.1 Å². The van der Waals surface area contributed by atoms with Crippen LogP contribution in [-0.2, 0) is 21.2 Å². The topological polar surface area (TPSA) is 118 Å². The van der Waals surface area contributed by atoms with Crippen LogP contribution >= 0.6 is 11.3 Å². The van der Waals surface area contributed by atoms with Crippen molar-refractivity contribution in [2.45, 2.75) is 17.4 Å². The highest BCUT2D eigenvalue weighted by atomic mass is 32.2. The lowest BCUT2D eigenvalue weighted by molar-refractivity contribution is -0.118. The molecule has 7 nitrogen and oxygen atoms in total. The average Bonchev–Trinajstić information content (AvgIpc) is 3.22. The summed E-state index contributed by atoms with van der Waals surface area (Å²) in [5.74, 6) is -1.93. The Labute approximate surface area is 176 Å². The minimum atomic E-state index is -4.16. The average molecular weight is 448 g/mol. The van der Waals surface area contributed by atoms with Crippen LogP contribution in [0.4, 0.5) is 10.1 Å². The fourth-order valence-corrected chi connectivity index (χ4v) is 3.92. The number of sulfonamides is 1. The van der Waals surface area contributed by atoms with Crippen LogP contribution in [0.15, 0.2) is 70.9 Å². The van der Waals surface area contributed by atoms with E-state index >= 15 is 0 Å². The van der Waals surface area contributed by atoms with Crippen LogP contribution in [0.2, 0.25) is 0 Å². The predicted octanol–water partition coefficient (Wildman–Crippen LogP) is 2.51. The smallest absolute Gasteiger partial charge is 0.262 e. The van der Waals surface area contributed by atoms with Gasteiger partial charge in [-0.1, -0.05) is 36.4 Å². The number of thiophene rings is 1. The molecular formula is C20H18FN3O4S2. The molecule has 1 unspecified atom stereocenters. The maximum absolute atomic E-state index is 13.8. The van der Waals surface area contributed by atoms with E-state index in [0.717, 1.165) is 23.8 Å². The Morgan fingerprint density at radius 3 is 2.43 bits per heavy atom. The van der Waals surface area contributed by atoms with Gasteiger partial charge in [-0.15, -0.1) is 11.3 Å². The van der Waals surface area contributed by atoms with Crippen molar-refractivity contribution in [2.24, 2.45) is 5.14 Å². The molecule has 30 heavy (non-hydrogen) atoms. The summed E-state index contributed by atoms with van der Waals surface area (Å²) in [5, 5.41) is 11.9. The Bertz CT molecular complexity index is 1150. The summed E-state index contributed by atoms with van der Waals surface area (Å²) in [6.07, 6.45) is 0.182. The van der Waals surface area contributed by atoms with E-state index in [2.05, 4.69) is 10.6 Å². The van der Waals surface area contributed by atoms with Crippen LogP contribution in [0.3, 0.4) is 0 Å². The fraction of sp³-hybridized carbons (Fsp3) is 0.100. The molecule has 0 bridgehead atoms. The molecule has 0 fully saturated rings. The molecule has 0 aliphatic rings. The number of anilines is 1. The van der Waals surface area contributed by atoms with E-state index in [1.54, 1.807) is 41.8 Å². The van der Waals surface area contributed by atoms with Crippen molar-refractivity contribution in [3.05, 3.63) is 82.3 Å². The monoisotopic (exact) mass is 447 g/mol. The van der Waals surface area contributed by atoms with Gasteiger partial charge in [0.25, 0.3) is 5.91 Å². The van der Waals surface area contributed by atoms with Gasteiger partial charge in [-0.25, -0.2) is 17.9 Å². The molecule has 1 aromatic heterocycles. The molecule has 2 amide bonds. The fourth-order valence-electron chi connectivity index (χ4n) is 2.72. The molecule has 0 spiro atoms. The molecule has 0 aliphatic heterocycles. The van der Waals surface area contributed by atoms with Crippen LogP contribution in [0.25, 0.3) is 0 Å². The molecule has 3 aromatic rings. The first kappa shape index (κ1) is 21.6. The Morgan fingerprint density at radius 1 is 1.07 bits per heavy atom. The number of nitrogens with two attached hydrogens (primary N) is 1. The lowest BCUT2D eigenvalue weighted by Gasteiger charge is -2.19. The zero-order valence-corrected chi connectivity index (χ0v) is 17.2. The van der Waals surface area contributed by atoms with Crippen LogP contribution in [0.5, 0.6) is 0 Å². The number of hydrogen-bond donors (Lipinski definition) is 3. The lowest BCUT2D eigenvalue weighted by Crippen LogP contribution is -2.45. The highest BCUT2D eigenvalue weighted by Crippen LogP contribution is 2.18. The van der Waals surface area contributed by atoms with Crippen molar-refractivity contribution in [1.82, 2.24) is 5.32 Å². The summed E-state index contributed by atoms with van der Waals surface area (Å²) in [4.78, 5) is 25.3. The first-order valence-electron chi connectivity index (χ1n) is 8.75. The van der Waals surface area contributed by atoms with Gasteiger partial charge in [0.2, 0.25) is 15.9 Å². The summed E-state index contributed by atoms with van der Waals surface area (Å²) in [6, 6.07) is 14.2. The zero-order chi connectivity index (χ0) is 21.7. The van der Waals surface area contributed by atoms with Crippen molar-refractivity contribution in [1.29, 1.82) is 0 Å². The molecule has 1 heterocycles. The minimum Gasteiger partial charge on any atom is -0.339 e. The molecule has 0 radical (unpaired) electrons. The van der Waals surface area contributed by atoms with E-state index in [1.165, 1.54) is 11.3 Å². The van der Waals surface area contributed by atoms with Gasteiger partial charge in [0.05, 0.1) is 9.77 Å². The number of benzene rings is 2. The standard InChI is InChI=1S/C20H18FN3O4S2/c21-14-10-15(12-16(11-14)30(22,27)28)23-19(25)17(9-13-5-2-1-3-6-13)24-20(26)18-7-4-8-29-18/h1-8,10-12,17H,9H2,(H,23,25)(H,24,26)(H2,22,27,28). The third-order valence-electron chi connectivity index (χ3n) is 4.12. The number of hydrogen-bond acceptors (Lipinski definition) is 5. The van der Waals surface area contributed by atoms with E-state index in [0.29, 0.717) is 4.88 Å². The SMILES string of the molecule is NS(=O)(=O)c1cc(F)cc(NC(=O)C(Cc2ccccc2)NC(=O)c2cccs2)c1. The Balaban J connectivity index is 1.84. The number of carbonyl (C=O) groups excluding carboxylic acids is 2. The quantitative estimate of drug-likeness (QED) is 0.516. The summed E-state index contributed by atoms with van der Waals surface area (Å²) in [6.45, 7) is 0. The molecule has 1 atom stereocenters. The number of amides is 2. The molecule has 0 aliphatic carbocycles. The van der Waals surface area contributed by atoms with Crippen molar-refractivity contribution in [3.8, 4) is 0 Å². The van der Waals surface area contributed by atoms with Gasteiger partial charge in [-0.05, 0) is 35.2 Å². The number of rotatable bonds is 7. The first-order chi connectivity index (χ1) is 14.2. The largest absolute Gasteiger partial charge is 0.339 e. The highest BCUT2D eigenvalue weighted by Gasteiger charge is 2.23. The molecule has 3 rings (SSSR count). The second-order valence-electron chi connectivity index (χ2n) is 6.40. The van der Waals surface area contributed by atoms with E-state index in [1.807, 2.05) is 6.07 Å². The minimum absolute atomic E-state index is 0.0903. The number of nitrogens with one attached hydrogen (secondary N) is 2. The second-order valence-corrected chi connectivity index (χ2v) is 8.91. The van der Waals surface area contributed by atoms with Crippen molar-refractivity contribution >= 4 is 38.9 Å². The van der Waals surface area contributed by atoms with Gasteiger partial charge in [-0.2, -0.15) is 0 Å². The third kappa shape index (κ3) is 5.72. The van der Waals surface area contributed by atoms with Gasteiger partial charge in [0.15, 0.2) is 0 Å². The van der Waals surface area contributed by atoms with E-state index in [9.17, 15) is 22.4 Å². The third-order valence-corrected chi connectivity index (χ3v) is 5.88. The summed E-state index contributed by atoms with van der Waals surface area (Å²) in [5.41, 5.74) is 0.709. The molecular weight excluding hydrogens is 429 g/mol. The first-order valence-corrected chi connectivity index (χ1v) is 11.2. The number of primary sulfonamides is 1. The van der Waals surface area contributed by atoms with Crippen molar-refractivity contribution < 1.29 is 22.4 Å². The number of halogens is 1. The van der Waals surface area contributed by atoms with E-state index < -0.39 is 38.6 Å². The molecule has 10 heteroatoms. The lowest BCUT2D eigenvalue weighted by atomic mass is 10.0. The summed E-state index contributed by atoms with van der Waals surface area (Å²) >= 11 is 1.23. The van der Waals surface area contributed by atoms with Gasteiger partial charge in [-0.3, -0.25) is 9.59 Å². The normalized spacial score (nSPS) is 12.2. The Hall–Kier alpha value is -3.08. The van der Waals surface area contributed by atoms with E-state index in [4.69, 9.17) is 5.14 Å². The van der Waals surface area contributed by atoms with Crippen LogP contribution in [-0.4, -0.2) is 26.3 Å². The molecule has 2 aromatic carbocycles. The number of carbonyl (C=O) groups is 2. The summed E-state index contributed by atoms with van der Waals surface area (Å²) in [7, 11) is -4.16. The van der Waals surface area contributed by atoms with Crippen LogP contribution in [0, 0.1) is 5.82 Å². The summed E-state index contributed by atoms with van der Waals surface area (Å²) < 4.78 is 36.8. The van der Waals surface area contributed by atoms with Crippen molar-refractivity contribution in [2.75, 3.05) is 5.32 Å². The van der Waals surface area contributed by atoms with Gasteiger partial charge in [0.1, 0.15) is 11.9 Å². The van der Waals surface area contributed by atoms with Crippen molar-refractivity contribution in [3.63, 3.8) is 0 Å². The second kappa shape index (κ2) is 9.16. The maximum Gasteiger partial charge on any atom is 0.262 e. The molecule has 0 saturated heterocycles. The van der Waals surface area contributed by atoms with Crippen LogP contribution < -0.4 is 15.8 Å². The predicted molar refractivity (Wildman–Crippen MR) is 112 cm³/mol. The maximum atomic E-state index is 13.8. The molecule has 156 valence electrons. The highest BCUT2D eigenvalue weighted by molar-refractivity contribution is 7.89. The van der Waals surface area contributed by atoms with E-state index in [-0.39, 0.29) is 12.1 Å². The van der Waals surface area contributed by atoms with Crippen LogP contribution in [0.1, 0.15) is 15.2 Å². The Kier molecular flexibility index (Phi) is 6.60. The Morgan fingerprint density at radius 2 is 1.80 bits per heavy atom. The molecule has 0 saturated carbocycles.